The molecular weight excluding hydrogens is 368 g/mol. The van der Waals surface area contributed by atoms with Gasteiger partial charge in [-0.15, -0.1) is 0 Å². The van der Waals surface area contributed by atoms with Crippen LogP contribution in [0.4, 0.5) is 0 Å². The Morgan fingerprint density at radius 2 is 2.00 bits per heavy atom. The van der Waals surface area contributed by atoms with E-state index < -0.39 is 0 Å². The van der Waals surface area contributed by atoms with Crippen LogP contribution in [0.5, 0.6) is 5.75 Å². The number of halogens is 1. The SMILES string of the molecule is CCCc1cc(=O)oc2c(C)c(OCc3cccc(Br)c3)ccc12. The van der Waals surface area contributed by atoms with E-state index in [9.17, 15) is 4.79 Å². The Morgan fingerprint density at radius 1 is 1.17 bits per heavy atom. The zero-order chi connectivity index (χ0) is 17.1. The van der Waals surface area contributed by atoms with Gasteiger partial charge in [0, 0.05) is 21.5 Å². The molecule has 0 unspecified atom stereocenters. The summed E-state index contributed by atoms with van der Waals surface area (Å²) in [6.07, 6.45) is 1.85. The normalized spacial score (nSPS) is 11.0. The number of benzene rings is 2. The molecule has 24 heavy (non-hydrogen) atoms. The standard InChI is InChI=1S/C20H19BrO3/c1-3-5-15-11-19(22)24-20-13(2)18(9-8-17(15)20)23-12-14-6-4-7-16(21)10-14/h4,6-11H,3,5,12H2,1-2H3. The first-order chi connectivity index (χ1) is 11.6. The predicted molar refractivity (Wildman–Crippen MR) is 99.7 cm³/mol. The quantitative estimate of drug-likeness (QED) is 0.551. The first-order valence-corrected chi connectivity index (χ1v) is 8.81. The van der Waals surface area contributed by atoms with E-state index in [1.807, 2.05) is 43.3 Å². The van der Waals surface area contributed by atoms with Gasteiger partial charge in [0.1, 0.15) is 17.9 Å². The molecule has 3 rings (SSSR count). The van der Waals surface area contributed by atoms with Gasteiger partial charge in [0.05, 0.1) is 0 Å². The molecule has 1 heterocycles. The van der Waals surface area contributed by atoms with E-state index >= 15 is 0 Å². The fourth-order valence-electron chi connectivity index (χ4n) is 2.83. The van der Waals surface area contributed by atoms with Crippen LogP contribution in [0.3, 0.4) is 0 Å². The highest BCUT2D eigenvalue weighted by Crippen LogP contribution is 2.29. The van der Waals surface area contributed by atoms with Gasteiger partial charge >= 0.3 is 5.63 Å². The van der Waals surface area contributed by atoms with Gasteiger partial charge in [-0.3, -0.25) is 0 Å². The van der Waals surface area contributed by atoms with Crippen LogP contribution in [0.25, 0.3) is 11.0 Å². The van der Waals surface area contributed by atoms with Gasteiger partial charge < -0.3 is 9.15 Å². The maximum absolute atomic E-state index is 11.8. The number of hydrogen-bond acceptors (Lipinski definition) is 3. The minimum absolute atomic E-state index is 0.307. The zero-order valence-corrected chi connectivity index (χ0v) is 15.4. The summed E-state index contributed by atoms with van der Waals surface area (Å²) in [4.78, 5) is 11.8. The molecule has 0 N–H and O–H groups in total. The van der Waals surface area contributed by atoms with E-state index in [1.54, 1.807) is 6.07 Å². The molecule has 124 valence electrons. The van der Waals surface area contributed by atoms with Crippen molar-refractivity contribution in [3.05, 3.63) is 74.0 Å². The number of rotatable bonds is 5. The molecule has 2 aromatic carbocycles. The first-order valence-electron chi connectivity index (χ1n) is 8.02. The average Bonchev–Trinajstić information content (AvgIpc) is 2.55. The van der Waals surface area contributed by atoms with Crippen LogP contribution in [-0.2, 0) is 13.0 Å². The van der Waals surface area contributed by atoms with E-state index in [-0.39, 0.29) is 5.63 Å². The van der Waals surface area contributed by atoms with Gasteiger partial charge in [0.15, 0.2) is 0 Å². The Bertz CT molecular complexity index is 928. The van der Waals surface area contributed by atoms with Gasteiger partial charge in [-0.1, -0.05) is 41.4 Å². The van der Waals surface area contributed by atoms with E-state index in [1.165, 1.54) is 0 Å². The predicted octanol–water partition coefficient (Wildman–Crippen LogP) is 5.40. The van der Waals surface area contributed by atoms with Crippen LogP contribution in [0.2, 0.25) is 0 Å². The van der Waals surface area contributed by atoms with Crippen molar-refractivity contribution in [2.45, 2.75) is 33.3 Å². The fraction of sp³-hybridized carbons (Fsp3) is 0.250. The third-order valence-corrected chi connectivity index (χ3v) is 4.49. The van der Waals surface area contributed by atoms with Crippen molar-refractivity contribution in [2.24, 2.45) is 0 Å². The number of ether oxygens (including phenoxy) is 1. The van der Waals surface area contributed by atoms with Crippen LogP contribution in [0.15, 0.2) is 56.1 Å². The lowest BCUT2D eigenvalue weighted by atomic mass is 10.0. The van der Waals surface area contributed by atoms with Crippen molar-refractivity contribution in [1.82, 2.24) is 0 Å². The van der Waals surface area contributed by atoms with Crippen molar-refractivity contribution in [3.63, 3.8) is 0 Å². The molecule has 0 aliphatic rings. The van der Waals surface area contributed by atoms with E-state index in [4.69, 9.17) is 9.15 Å². The molecule has 0 atom stereocenters. The van der Waals surface area contributed by atoms with Gasteiger partial charge in [-0.05, 0) is 48.7 Å². The Hall–Kier alpha value is -2.07. The average molecular weight is 387 g/mol. The molecule has 4 heteroatoms. The molecule has 0 saturated heterocycles. The highest BCUT2D eigenvalue weighted by molar-refractivity contribution is 9.10. The largest absolute Gasteiger partial charge is 0.488 e. The van der Waals surface area contributed by atoms with Gasteiger partial charge in [-0.25, -0.2) is 4.79 Å². The second kappa shape index (κ2) is 7.22. The third kappa shape index (κ3) is 3.54. The Balaban J connectivity index is 1.95. The molecule has 0 saturated carbocycles. The lowest BCUT2D eigenvalue weighted by molar-refractivity contribution is 0.304. The molecule has 1 aromatic heterocycles. The summed E-state index contributed by atoms with van der Waals surface area (Å²) >= 11 is 3.46. The smallest absolute Gasteiger partial charge is 0.336 e. The number of hydrogen-bond donors (Lipinski definition) is 0. The Morgan fingerprint density at radius 3 is 2.75 bits per heavy atom. The van der Waals surface area contributed by atoms with Crippen LogP contribution < -0.4 is 10.4 Å². The Labute approximate surface area is 149 Å². The second-order valence-corrected chi connectivity index (χ2v) is 6.74. The molecule has 3 aromatic rings. The van der Waals surface area contributed by atoms with Crippen molar-refractivity contribution in [1.29, 1.82) is 0 Å². The molecule has 3 nitrogen and oxygen atoms in total. The molecule has 0 fully saturated rings. The highest BCUT2D eigenvalue weighted by atomic mass is 79.9. The van der Waals surface area contributed by atoms with Crippen molar-refractivity contribution in [2.75, 3.05) is 0 Å². The maximum Gasteiger partial charge on any atom is 0.336 e. The summed E-state index contributed by atoms with van der Waals surface area (Å²) in [6, 6.07) is 13.5. The van der Waals surface area contributed by atoms with E-state index in [0.29, 0.717) is 12.2 Å². The number of fused-ring (bicyclic) bond motifs is 1. The van der Waals surface area contributed by atoms with Crippen LogP contribution in [0.1, 0.15) is 30.0 Å². The van der Waals surface area contributed by atoms with Crippen molar-refractivity contribution >= 4 is 26.9 Å². The molecular formula is C20H19BrO3. The minimum atomic E-state index is -0.307. The molecule has 0 amide bonds. The lowest BCUT2D eigenvalue weighted by Gasteiger charge is -2.12. The molecule has 0 aliphatic carbocycles. The summed E-state index contributed by atoms with van der Waals surface area (Å²) in [5.41, 5.74) is 3.28. The summed E-state index contributed by atoms with van der Waals surface area (Å²) in [7, 11) is 0. The highest BCUT2D eigenvalue weighted by Gasteiger charge is 2.11. The minimum Gasteiger partial charge on any atom is -0.488 e. The van der Waals surface area contributed by atoms with Crippen LogP contribution >= 0.6 is 15.9 Å². The topological polar surface area (TPSA) is 39.4 Å². The fourth-order valence-corrected chi connectivity index (χ4v) is 3.28. The Kier molecular flexibility index (Phi) is 5.05. The first kappa shape index (κ1) is 16.8. The summed E-state index contributed by atoms with van der Waals surface area (Å²) < 4.78 is 12.4. The van der Waals surface area contributed by atoms with Crippen molar-refractivity contribution < 1.29 is 9.15 Å². The molecule has 0 radical (unpaired) electrons. The molecule has 0 bridgehead atoms. The van der Waals surface area contributed by atoms with E-state index in [0.717, 1.165) is 45.1 Å². The maximum atomic E-state index is 11.8. The van der Waals surface area contributed by atoms with Crippen LogP contribution in [0, 0.1) is 6.92 Å². The number of aryl methyl sites for hydroxylation is 2. The van der Waals surface area contributed by atoms with Gasteiger partial charge in [0.2, 0.25) is 0 Å². The zero-order valence-electron chi connectivity index (χ0n) is 13.8. The van der Waals surface area contributed by atoms with Crippen LogP contribution in [-0.4, -0.2) is 0 Å². The summed E-state index contributed by atoms with van der Waals surface area (Å²) in [5.74, 6) is 0.735. The van der Waals surface area contributed by atoms with E-state index in [2.05, 4.69) is 22.9 Å². The monoisotopic (exact) mass is 386 g/mol. The summed E-state index contributed by atoms with van der Waals surface area (Å²) in [6.45, 7) is 4.49. The van der Waals surface area contributed by atoms with Gasteiger partial charge in [0.25, 0.3) is 0 Å². The van der Waals surface area contributed by atoms with Gasteiger partial charge in [-0.2, -0.15) is 0 Å². The summed E-state index contributed by atoms with van der Waals surface area (Å²) in [5, 5.41) is 0.990. The molecule has 0 aliphatic heterocycles. The van der Waals surface area contributed by atoms with Crippen molar-refractivity contribution in [3.8, 4) is 5.75 Å². The molecule has 0 spiro atoms. The second-order valence-electron chi connectivity index (χ2n) is 5.82. The third-order valence-electron chi connectivity index (χ3n) is 4.00. The lowest BCUT2D eigenvalue weighted by Crippen LogP contribution is -2.03.